The number of nitrogens with one attached hydrogen (secondary N) is 1. The molecule has 21 heavy (non-hydrogen) atoms. The van der Waals surface area contributed by atoms with Crippen LogP contribution in [-0.2, 0) is 0 Å². The van der Waals surface area contributed by atoms with Crippen LogP contribution in [0.5, 0.6) is 0 Å². The minimum Gasteiger partial charge on any atom is -0.365 e. The average molecular weight is 282 g/mol. The molecule has 5 nitrogen and oxygen atoms in total. The monoisotopic (exact) mass is 282 g/mol. The molecule has 1 aromatic carbocycles. The van der Waals surface area contributed by atoms with Crippen molar-refractivity contribution in [1.82, 2.24) is 9.97 Å². The van der Waals surface area contributed by atoms with Gasteiger partial charge in [-0.25, -0.2) is 9.37 Å². The van der Waals surface area contributed by atoms with Crippen molar-refractivity contribution in [1.29, 1.82) is 0 Å². The number of rotatable bonds is 3. The molecule has 6 heteroatoms. The van der Waals surface area contributed by atoms with E-state index >= 15 is 0 Å². The summed E-state index contributed by atoms with van der Waals surface area (Å²) in [6.07, 6.45) is 2.85. The number of hydrogen-bond acceptors (Lipinski definition) is 4. The lowest BCUT2D eigenvalue weighted by Crippen LogP contribution is -2.16. The van der Waals surface area contributed by atoms with Crippen molar-refractivity contribution >= 4 is 28.3 Å². The Morgan fingerprint density at radius 1 is 1.19 bits per heavy atom. The molecule has 3 N–H and O–H groups in total. The normalized spacial score (nSPS) is 10.5. The van der Waals surface area contributed by atoms with Crippen LogP contribution in [0.3, 0.4) is 0 Å². The number of fused-ring (bicyclic) bond motifs is 1. The van der Waals surface area contributed by atoms with E-state index in [0.29, 0.717) is 5.69 Å². The Morgan fingerprint density at radius 3 is 2.81 bits per heavy atom. The molecule has 0 aliphatic heterocycles. The number of benzene rings is 1. The van der Waals surface area contributed by atoms with Crippen LogP contribution in [-0.4, -0.2) is 15.9 Å². The van der Waals surface area contributed by atoms with Gasteiger partial charge in [-0.05, 0) is 18.2 Å². The largest absolute Gasteiger partial charge is 0.365 e. The molecule has 2 aromatic heterocycles. The van der Waals surface area contributed by atoms with E-state index in [1.54, 1.807) is 6.20 Å². The first-order chi connectivity index (χ1) is 10.1. The molecule has 1 amide bonds. The van der Waals surface area contributed by atoms with Gasteiger partial charge in [-0.15, -0.1) is 0 Å². The second-order valence-corrected chi connectivity index (χ2v) is 4.42. The Bertz CT molecular complexity index is 835. The fraction of sp³-hybridized carbons (Fsp3) is 0. The maximum absolute atomic E-state index is 13.7. The molecule has 3 rings (SSSR count). The van der Waals surface area contributed by atoms with Crippen LogP contribution in [0, 0.1) is 5.82 Å². The number of pyridine rings is 2. The predicted octanol–water partition coefficient (Wildman–Crippen LogP) is 2.61. The van der Waals surface area contributed by atoms with Gasteiger partial charge in [-0.1, -0.05) is 18.2 Å². The summed E-state index contributed by atoms with van der Waals surface area (Å²) in [5, 5.41) is 3.79. The first-order valence-electron chi connectivity index (χ1n) is 6.21. The first-order valence-corrected chi connectivity index (χ1v) is 6.21. The maximum atomic E-state index is 13.7. The number of primary amides is 1. The topological polar surface area (TPSA) is 80.9 Å². The molecule has 0 spiro atoms. The molecule has 0 aliphatic carbocycles. The van der Waals surface area contributed by atoms with E-state index in [1.807, 2.05) is 30.3 Å². The van der Waals surface area contributed by atoms with E-state index in [9.17, 15) is 9.18 Å². The number of carbonyl (C=O) groups excluding carboxylic acids is 1. The third kappa shape index (κ3) is 2.51. The van der Waals surface area contributed by atoms with Crippen molar-refractivity contribution in [3.05, 3.63) is 60.2 Å². The van der Waals surface area contributed by atoms with Gasteiger partial charge in [0.05, 0.1) is 17.4 Å². The van der Waals surface area contributed by atoms with Crippen molar-refractivity contribution < 1.29 is 9.18 Å². The lowest BCUT2D eigenvalue weighted by atomic mass is 10.2. The van der Waals surface area contributed by atoms with Crippen molar-refractivity contribution in [3.8, 4) is 0 Å². The maximum Gasteiger partial charge on any atom is 0.255 e. The zero-order chi connectivity index (χ0) is 14.8. The first kappa shape index (κ1) is 13.0. The fourth-order valence-electron chi connectivity index (χ4n) is 2.04. The lowest BCUT2D eigenvalue weighted by Gasteiger charge is -2.09. The number of amides is 1. The van der Waals surface area contributed by atoms with Crippen LogP contribution in [0.2, 0.25) is 0 Å². The molecule has 0 bridgehead atoms. The van der Waals surface area contributed by atoms with Gasteiger partial charge in [0, 0.05) is 11.6 Å². The van der Waals surface area contributed by atoms with Gasteiger partial charge in [-0.3, -0.25) is 9.78 Å². The molecular weight excluding hydrogens is 271 g/mol. The highest BCUT2D eigenvalue weighted by Gasteiger charge is 2.15. The van der Waals surface area contributed by atoms with Gasteiger partial charge in [0.15, 0.2) is 0 Å². The predicted molar refractivity (Wildman–Crippen MR) is 77.7 cm³/mol. The average Bonchev–Trinajstić information content (AvgIpc) is 2.47. The van der Waals surface area contributed by atoms with Gasteiger partial charge in [0.2, 0.25) is 0 Å². The van der Waals surface area contributed by atoms with E-state index in [4.69, 9.17) is 5.73 Å². The van der Waals surface area contributed by atoms with Gasteiger partial charge in [0.1, 0.15) is 17.2 Å². The number of anilines is 2. The second kappa shape index (κ2) is 5.16. The summed E-state index contributed by atoms with van der Waals surface area (Å²) in [7, 11) is 0. The van der Waals surface area contributed by atoms with Gasteiger partial charge >= 0.3 is 0 Å². The summed E-state index contributed by atoms with van der Waals surface area (Å²) >= 11 is 0. The van der Waals surface area contributed by atoms with Crippen LogP contribution >= 0.6 is 0 Å². The summed E-state index contributed by atoms with van der Waals surface area (Å²) < 4.78 is 13.7. The van der Waals surface area contributed by atoms with E-state index in [2.05, 4.69) is 15.3 Å². The van der Waals surface area contributed by atoms with Crippen molar-refractivity contribution in [2.75, 3.05) is 5.32 Å². The highest BCUT2D eigenvalue weighted by Crippen LogP contribution is 2.22. The SMILES string of the molecule is NC(=O)c1c(F)ccnc1Nc1cnc2ccccc2c1. The number of nitrogens with zero attached hydrogens (tertiary/aromatic N) is 2. The lowest BCUT2D eigenvalue weighted by molar-refractivity contribution is 0.0997. The minimum absolute atomic E-state index is 0.0691. The molecule has 0 fully saturated rings. The zero-order valence-corrected chi connectivity index (χ0v) is 10.9. The summed E-state index contributed by atoms with van der Waals surface area (Å²) in [5.74, 6) is -1.52. The minimum atomic E-state index is -0.878. The number of nitrogens with two attached hydrogens (primary N) is 1. The Hall–Kier alpha value is -3.02. The zero-order valence-electron chi connectivity index (χ0n) is 10.9. The number of aromatic nitrogens is 2. The van der Waals surface area contributed by atoms with Crippen LogP contribution in [0.25, 0.3) is 10.9 Å². The second-order valence-electron chi connectivity index (χ2n) is 4.42. The molecule has 0 unspecified atom stereocenters. The quantitative estimate of drug-likeness (QED) is 0.773. The Balaban J connectivity index is 2.02. The molecule has 0 saturated carbocycles. The Morgan fingerprint density at radius 2 is 2.00 bits per heavy atom. The summed E-state index contributed by atoms with van der Waals surface area (Å²) in [6, 6.07) is 10.5. The number of carbonyl (C=O) groups is 1. The van der Waals surface area contributed by atoms with Crippen molar-refractivity contribution in [3.63, 3.8) is 0 Å². The van der Waals surface area contributed by atoms with Gasteiger partial charge < -0.3 is 11.1 Å². The van der Waals surface area contributed by atoms with E-state index in [-0.39, 0.29) is 11.4 Å². The van der Waals surface area contributed by atoms with E-state index in [0.717, 1.165) is 17.0 Å². The van der Waals surface area contributed by atoms with Gasteiger partial charge in [-0.2, -0.15) is 0 Å². The molecule has 3 aromatic rings. The van der Waals surface area contributed by atoms with Gasteiger partial charge in [0.25, 0.3) is 5.91 Å². The van der Waals surface area contributed by atoms with Crippen LogP contribution < -0.4 is 11.1 Å². The molecule has 0 saturated heterocycles. The summed E-state index contributed by atoms with van der Waals surface area (Å²) in [5.41, 5.74) is 6.34. The van der Waals surface area contributed by atoms with Crippen molar-refractivity contribution in [2.45, 2.75) is 0 Å². The third-order valence-electron chi connectivity index (χ3n) is 3.00. The van der Waals surface area contributed by atoms with E-state index < -0.39 is 11.7 Å². The molecule has 2 heterocycles. The Kier molecular flexibility index (Phi) is 3.19. The highest BCUT2D eigenvalue weighted by atomic mass is 19.1. The summed E-state index contributed by atoms with van der Waals surface area (Å²) in [4.78, 5) is 19.6. The Labute approximate surface area is 119 Å². The number of para-hydroxylation sites is 1. The fourth-order valence-corrected chi connectivity index (χ4v) is 2.04. The van der Waals surface area contributed by atoms with E-state index in [1.165, 1.54) is 6.20 Å². The number of halogens is 1. The standard InChI is InChI=1S/C15H11FN4O/c16-11-5-6-18-15(13(11)14(17)21)20-10-7-9-3-1-2-4-12(9)19-8-10/h1-8H,(H2,17,21)(H,18,20). The molecule has 0 aliphatic rings. The molecule has 104 valence electrons. The number of hydrogen-bond donors (Lipinski definition) is 2. The third-order valence-corrected chi connectivity index (χ3v) is 3.00. The molecule has 0 radical (unpaired) electrons. The van der Waals surface area contributed by atoms with Crippen molar-refractivity contribution in [2.24, 2.45) is 5.73 Å². The van der Waals surface area contributed by atoms with Crippen LogP contribution in [0.4, 0.5) is 15.9 Å². The van der Waals surface area contributed by atoms with Crippen LogP contribution in [0.1, 0.15) is 10.4 Å². The smallest absolute Gasteiger partial charge is 0.255 e. The summed E-state index contributed by atoms with van der Waals surface area (Å²) in [6.45, 7) is 0. The molecular formula is C15H11FN4O. The highest BCUT2D eigenvalue weighted by molar-refractivity contribution is 5.98. The van der Waals surface area contributed by atoms with Crippen LogP contribution in [0.15, 0.2) is 48.8 Å². The molecule has 0 atom stereocenters.